The van der Waals surface area contributed by atoms with Gasteiger partial charge in [0.05, 0.1) is 21.7 Å². The van der Waals surface area contributed by atoms with Crippen LogP contribution in [0, 0.1) is 16.1 Å². The first kappa shape index (κ1) is 13.9. The summed E-state index contributed by atoms with van der Waals surface area (Å²) in [5.74, 6) is -0.733. The van der Waals surface area contributed by atoms with Gasteiger partial charge in [0.2, 0.25) is 5.95 Å². The molecule has 0 saturated carbocycles. The lowest BCUT2D eigenvalue weighted by Gasteiger charge is -2.07. The molecule has 1 N–H and O–H groups in total. The zero-order valence-corrected chi connectivity index (χ0v) is 10.7. The number of hydrogen-bond donors (Lipinski definition) is 1. The van der Waals surface area contributed by atoms with Crippen LogP contribution in [0.5, 0.6) is 0 Å². The molecule has 2 rings (SSSR count). The molecule has 1 heterocycles. The first-order valence-corrected chi connectivity index (χ1v) is 6.76. The molecular weight excluding hydrogens is 289 g/mol. The minimum absolute atomic E-state index is 0.0877. The van der Waals surface area contributed by atoms with Gasteiger partial charge in [0.1, 0.15) is 0 Å². The fourth-order valence-corrected chi connectivity index (χ4v) is 2.44. The number of hydrogen-bond acceptors (Lipinski definition) is 5. The maximum absolute atomic E-state index is 12.6. The maximum Gasteiger partial charge on any atom is 0.269 e. The second-order valence-corrected chi connectivity index (χ2v) is 5.41. The van der Waals surface area contributed by atoms with E-state index in [1.807, 2.05) is 0 Å². The predicted molar refractivity (Wildman–Crippen MR) is 68.1 cm³/mol. The molecule has 0 radical (unpaired) electrons. The Morgan fingerprint density at radius 2 is 1.80 bits per heavy atom. The topological polar surface area (TPSA) is 102 Å². The number of non-ortho nitro benzene ring substituents is 1. The Labute approximate surface area is 113 Å². The number of halogens is 1. The Hall–Kier alpha value is -2.55. The van der Waals surface area contributed by atoms with Crippen molar-refractivity contribution >= 4 is 21.4 Å². The van der Waals surface area contributed by atoms with Crippen LogP contribution in [-0.4, -0.2) is 18.3 Å². The monoisotopic (exact) mass is 297 g/mol. The summed E-state index contributed by atoms with van der Waals surface area (Å²) in [4.78, 5) is 13.0. The van der Waals surface area contributed by atoms with E-state index in [1.54, 1.807) is 0 Å². The standard InChI is InChI=1S/C11H8FN3O4S/c12-11-6-1-8(7-13-11)14-20(18,19)10-4-2-9(3-5-10)15(16)17/h1-7,14H. The lowest BCUT2D eigenvalue weighted by atomic mass is 10.3. The molecular formula is C11H8FN3O4S. The van der Waals surface area contributed by atoms with Crippen molar-refractivity contribution in [2.75, 3.05) is 4.72 Å². The summed E-state index contributed by atoms with van der Waals surface area (Å²) in [5, 5.41) is 10.5. The molecule has 9 heteroatoms. The number of benzene rings is 1. The highest BCUT2D eigenvalue weighted by Gasteiger charge is 2.16. The number of pyridine rings is 1. The zero-order chi connectivity index (χ0) is 14.8. The quantitative estimate of drug-likeness (QED) is 0.527. The van der Waals surface area contributed by atoms with Crippen LogP contribution in [-0.2, 0) is 10.0 Å². The van der Waals surface area contributed by atoms with E-state index in [2.05, 4.69) is 9.71 Å². The number of aromatic nitrogens is 1. The van der Waals surface area contributed by atoms with Crippen molar-refractivity contribution in [1.29, 1.82) is 0 Å². The number of nitro groups is 1. The maximum atomic E-state index is 12.6. The van der Waals surface area contributed by atoms with Gasteiger partial charge in [0.15, 0.2) is 0 Å². The highest BCUT2D eigenvalue weighted by Crippen LogP contribution is 2.18. The third-order valence-corrected chi connectivity index (χ3v) is 3.73. The van der Waals surface area contributed by atoms with Gasteiger partial charge in [0, 0.05) is 12.1 Å². The number of nitrogens with zero attached hydrogens (tertiary/aromatic N) is 2. The third kappa shape index (κ3) is 3.06. The minimum Gasteiger partial charge on any atom is -0.278 e. The molecule has 20 heavy (non-hydrogen) atoms. The van der Waals surface area contributed by atoms with Crippen LogP contribution in [0.4, 0.5) is 15.8 Å². The molecule has 0 spiro atoms. The first-order valence-electron chi connectivity index (χ1n) is 5.27. The lowest BCUT2D eigenvalue weighted by Crippen LogP contribution is -2.13. The van der Waals surface area contributed by atoms with Crippen LogP contribution in [0.2, 0.25) is 0 Å². The van der Waals surface area contributed by atoms with Crippen molar-refractivity contribution in [3.8, 4) is 0 Å². The highest BCUT2D eigenvalue weighted by atomic mass is 32.2. The molecule has 7 nitrogen and oxygen atoms in total. The van der Waals surface area contributed by atoms with Crippen molar-refractivity contribution in [2.24, 2.45) is 0 Å². The average molecular weight is 297 g/mol. The molecule has 0 aliphatic carbocycles. The fraction of sp³-hybridized carbons (Fsp3) is 0. The molecule has 2 aromatic rings. The Bertz CT molecular complexity index is 729. The van der Waals surface area contributed by atoms with E-state index in [0.717, 1.165) is 36.5 Å². The van der Waals surface area contributed by atoms with Gasteiger partial charge in [-0.1, -0.05) is 0 Å². The average Bonchev–Trinajstić information content (AvgIpc) is 2.41. The van der Waals surface area contributed by atoms with Gasteiger partial charge in [-0.25, -0.2) is 13.4 Å². The summed E-state index contributed by atoms with van der Waals surface area (Å²) in [6.07, 6.45) is 1.03. The summed E-state index contributed by atoms with van der Waals surface area (Å²) < 4.78 is 38.7. The summed E-state index contributed by atoms with van der Waals surface area (Å²) in [7, 11) is -3.90. The molecule has 1 aromatic carbocycles. The van der Waals surface area contributed by atoms with Crippen molar-refractivity contribution in [2.45, 2.75) is 4.90 Å². The van der Waals surface area contributed by atoms with Crippen molar-refractivity contribution in [3.63, 3.8) is 0 Å². The van der Waals surface area contributed by atoms with Crippen molar-refractivity contribution in [3.05, 3.63) is 58.7 Å². The second kappa shape index (κ2) is 5.21. The molecule has 0 amide bonds. The molecule has 1 aromatic heterocycles. The van der Waals surface area contributed by atoms with E-state index in [0.29, 0.717) is 0 Å². The van der Waals surface area contributed by atoms with Gasteiger partial charge in [-0.15, -0.1) is 0 Å². The van der Waals surface area contributed by atoms with E-state index in [9.17, 15) is 22.9 Å². The van der Waals surface area contributed by atoms with Gasteiger partial charge in [-0.05, 0) is 24.3 Å². The fourth-order valence-electron chi connectivity index (χ4n) is 1.40. The van der Waals surface area contributed by atoms with E-state index < -0.39 is 20.9 Å². The zero-order valence-electron chi connectivity index (χ0n) is 9.86. The normalized spacial score (nSPS) is 11.1. The van der Waals surface area contributed by atoms with E-state index in [1.165, 1.54) is 6.07 Å². The van der Waals surface area contributed by atoms with Crippen LogP contribution in [0.1, 0.15) is 0 Å². The Balaban J connectivity index is 2.26. The summed E-state index contributed by atoms with van der Waals surface area (Å²) in [6.45, 7) is 0. The molecule has 0 saturated heterocycles. The van der Waals surface area contributed by atoms with Crippen LogP contribution in [0.15, 0.2) is 47.5 Å². The minimum atomic E-state index is -3.90. The van der Waals surface area contributed by atoms with E-state index >= 15 is 0 Å². The smallest absolute Gasteiger partial charge is 0.269 e. The molecule has 0 fully saturated rings. The third-order valence-electron chi connectivity index (χ3n) is 2.34. The van der Waals surface area contributed by atoms with Gasteiger partial charge in [0.25, 0.3) is 15.7 Å². The number of rotatable bonds is 4. The SMILES string of the molecule is O=[N+]([O-])c1ccc(S(=O)(=O)Nc2ccc(F)nc2)cc1. The van der Waals surface area contributed by atoms with Crippen molar-refractivity contribution < 1.29 is 17.7 Å². The first-order chi connectivity index (χ1) is 9.38. The lowest BCUT2D eigenvalue weighted by molar-refractivity contribution is -0.384. The number of anilines is 1. The van der Waals surface area contributed by atoms with Gasteiger partial charge < -0.3 is 0 Å². The predicted octanol–water partition coefficient (Wildman–Crippen LogP) is 1.93. The van der Waals surface area contributed by atoms with Crippen LogP contribution in [0.3, 0.4) is 0 Å². The van der Waals surface area contributed by atoms with E-state index in [-0.39, 0.29) is 16.3 Å². The van der Waals surface area contributed by atoms with E-state index in [4.69, 9.17) is 0 Å². The molecule has 0 aliphatic rings. The number of nitro benzene ring substituents is 1. The van der Waals surface area contributed by atoms with Gasteiger partial charge >= 0.3 is 0 Å². The number of sulfonamides is 1. The largest absolute Gasteiger partial charge is 0.278 e. The Morgan fingerprint density at radius 1 is 1.15 bits per heavy atom. The Kier molecular flexibility index (Phi) is 3.61. The molecule has 0 unspecified atom stereocenters. The van der Waals surface area contributed by atoms with Crippen LogP contribution >= 0.6 is 0 Å². The van der Waals surface area contributed by atoms with Crippen LogP contribution in [0.25, 0.3) is 0 Å². The van der Waals surface area contributed by atoms with Gasteiger partial charge in [-0.2, -0.15) is 4.39 Å². The molecule has 0 aliphatic heterocycles. The van der Waals surface area contributed by atoms with Gasteiger partial charge in [-0.3, -0.25) is 14.8 Å². The number of nitrogens with one attached hydrogen (secondary N) is 1. The summed E-state index contributed by atoms with van der Waals surface area (Å²) >= 11 is 0. The molecule has 104 valence electrons. The second-order valence-electron chi connectivity index (χ2n) is 3.73. The summed E-state index contributed by atoms with van der Waals surface area (Å²) in [6, 6.07) is 6.60. The Morgan fingerprint density at radius 3 is 2.30 bits per heavy atom. The molecule has 0 bridgehead atoms. The van der Waals surface area contributed by atoms with Crippen LogP contribution < -0.4 is 4.72 Å². The summed E-state index contributed by atoms with van der Waals surface area (Å²) in [5.41, 5.74) is -0.128. The highest BCUT2D eigenvalue weighted by molar-refractivity contribution is 7.92. The molecule has 0 atom stereocenters. The van der Waals surface area contributed by atoms with Crippen molar-refractivity contribution in [1.82, 2.24) is 4.98 Å².